The second kappa shape index (κ2) is 7.95. The molecule has 1 N–H and O–H groups in total. The Morgan fingerprint density at radius 3 is 2.69 bits per heavy atom. The number of hydrogen-bond donors (Lipinski definition) is 1. The largest absolute Gasteiger partial charge is 0.495 e. The van der Waals surface area contributed by atoms with Crippen LogP contribution in [0.25, 0.3) is 0 Å². The van der Waals surface area contributed by atoms with Crippen LogP contribution in [-0.4, -0.2) is 44.9 Å². The molecule has 0 spiro atoms. The lowest BCUT2D eigenvalue weighted by molar-refractivity contribution is 0.0619. The molecule has 0 aromatic heterocycles. The van der Waals surface area contributed by atoms with Gasteiger partial charge in [0.25, 0.3) is 5.91 Å². The van der Waals surface area contributed by atoms with Gasteiger partial charge in [0.05, 0.1) is 32.1 Å². The highest BCUT2D eigenvalue weighted by Gasteiger charge is 2.34. The van der Waals surface area contributed by atoms with Crippen LogP contribution < -0.4 is 19.7 Å². The second-order valence-corrected chi connectivity index (χ2v) is 8.12. The first kappa shape index (κ1) is 19.6. The van der Waals surface area contributed by atoms with Crippen molar-refractivity contribution >= 4 is 11.6 Å². The first-order valence-electron chi connectivity index (χ1n) is 10.1. The van der Waals surface area contributed by atoms with Crippen LogP contribution in [0.3, 0.4) is 0 Å². The lowest BCUT2D eigenvalue weighted by Gasteiger charge is -2.38. The Balaban J connectivity index is 1.59. The highest BCUT2D eigenvalue weighted by atomic mass is 16.5. The fourth-order valence-corrected chi connectivity index (χ4v) is 4.06. The highest BCUT2D eigenvalue weighted by molar-refractivity contribution is 5.96. The van der Waals surface area contributed by atoms with E-state index in [2.05, 4.69) is 10.2 Å². The molecule has 29 heavy (non-hydrogen) atoms. The molecule has 2 aromatic carbocycles. The summed E-state index contributed by atoms with van der Waals surface area (Å²) in [5.41, 5.74) is 2.22. The Morgan fingerprint density at radius 2 is 1.93 bits per heavy atom. The predicted molar refractivity (Wildman–Crippen MR) is 112 cm³/mol. The van der Waals surface area contributed by atoms with Crippen LogP contribution in [0.5, 0.6) is 11.5 Å². The highest BCUT2D eigenvalue weighted by Crippen LogP contribution is 2.39. The third kappa shape index (κ3) is 4.17. The smallest absolute Gasteiger partial charge is 0.251 e. The van der Waals surface area contributed by atoms with E-state index in [-0.39, 0.29) is 17.6 Å². The molecule has 154 valence electrons. The number of carbonyl (C=O) groups is 1. The van der Waals surface area contributed by atoms with E-state index < -0.39 is 0 Å². The molecule has 1 fully saturated rings. The van der Waals surface area contributed by atoms with Gasteiger partial charge in [-0.25, -0.2) is 0 Å². The first-order chi connectivity index (χ1) is 14.0. The number of carbonyl (C=O) groups excluding carboxylic acids is 1. The Kier molecular flexibility index (Phi) is 5.37. The maximum atomic E-state index is 13.1. The molecule has 1 unspecified atom stereocenters. The molecule has 0 radical (unpaired) electrons. The number of hydrogen-bond acceptors (Lipinski definition) is 5. The average molecular weight is 396 g/mol. The number of fused-ring (bicyclic) bond motifs is 1. The van der Waals surface area contributed by atoms with E-state index >= 15 is 0 Å². The van der Waals surface area contributed by atoms with Crippen LogP contribution in [0.4, 0.5) is 5.69 Å². The van der Waals surface area contributed by atoms with Crippen molar-refractivity contribution < 1.29 is 19.0 Å². The van der Waals surface area contributed by atoms with E-state index in [4.69, 9.17) is 14.2 Å². The minimum absolute atomic E-state index is 0.0975. The standard InChI is InChI=1S/C23H28N2O4/c1-23(2)15-18(17-6-4-5-7-20(17)29-23)24-22(26)16-8-9-21(27-3)19(14-16)25-10-12-28-13-11-25/h4-9,14,18H,10-13,15H2,1-3H3,(H,24,26). The number of benzene rings is 2. The number of para-hydroxylation sites is 1. The van der Waals surface area contributed by atoms with Crippen LogP contribution in [0.1, 0.15) is 42.2 Å². The molecule has 2 aromatic rings. The summed E-state index contributed by atoms with van der Waals surface area (Å²) in [5, 5.41) is 3.21. The Labute approximate surface area is 171 Å². The minimum Gasteiger partial charge on any atom is -0.495 e. The Bertz CT molecular complexity index is 890. The normalized spacial score (nSPS) is 20.4. The molecule has 0 saturated carbocycles. The number of methoxy groups -OCH3 is 1. The first-order valence-corrected chi connectivity index (χ1v) is 10.1. The van der Waals surface area contributed by atoms with E-state index in [0.717, 1.165) is 35.8 Å². The van der Waals surface area contributed by atoms with Crippen molar-refractivity contribution in [2.75, 3.05) is 38.3 Å². The van der Waals surface area contributed by atoms with Gasteiger partial charge in [0.15, 0.2) is 0 Å². The van der Waals surface area contributed by atoms with Crippen molar-refractivity contribution in [1.29, 1.82) is 0 Å². The van der Waals surface area contributed by atoms with E-state index in [9.17, 15) is 4.79 Å². The number of morpholine rings is 1. The summed E-state index contributed by atoms with van der Waals surface area (Å²) in [7, 11) is 1.65. The summed E-state index contributed by atoms with van der Waals surface area (Å²) < 4.78 is 17.1. The maximum absolute atomic E-state index is 13.1. The molecule has 0 aliphatic carbocycles. The third-order valence-corrected chi connectivity index (χ3v) is 5.47. The van der Waals surface area contributed by atoms with Gasteiger partial charge in [-0.15, -0.1) is 0 Å². The fourth-order valence-electron chi connectivity index (χ4n) is 4.06. The molecule has 6 nitrogen and oxygen atoms in total. The van der Waals surface area contributed by atoms with Crippen molar-refractivity contribution in [2.45, 2.75) is 31.9 Å². The second-order valence-electron chi connectivity index (χ2n) is 8.12. The van der Waals surface area contributed by atoms with E-state index in [1.165, 1.54) is 0 Å². The zero-order valence-corrected chi connectivity index (χ0v) is 17.2. The van der Waals surface area contributed by atoms with Crippen molar-refractivity contribution in [3.8, 4) is 11.5 Å². The number of nitrogens with zero attached hydrogens (tertiary/aromatic N) is 1. The predicted octanol–water partition coefficient (Wildman–Crippen LogP) is 3.56. The van der Waals surface area contributed by atoms with E-state index in [1.807, 2.05) is 56.3 Å². The van der Waals surface area contributed by atoms with Gasteiger partial charge in [0.1, 0.15) is 17.1 Å². The number of rotatable bonds is 4. The number of ether oxygens (including phenoxy) is 3. The summed E-state index contributed by atoms with van der Waals surface area (Å²) in [4.78, 5) is 15.3. The van der Waals surface area contributed by atoms with Crippen molar-refractivity contribution in [1.82, 2.24) is 5.32 Å². The van der Waals surface area contributed by atoms with Gasteiger partial charge >= 0.3 is 0 Å². The molecule has 2 heterocycles. The molecule has 1 amide bonds. The quantitative estimate of drug-likeness (QED) is 0.856. The molecule has 2 aliphatic rings. The lowest BCUT2D eigenvalue weighted by Crippen LogP contribution is -2.41. The van der Waals surface area contributed by atoms with Crippen LogP contribution in [0, 0.1) is 0 Å². The van der Waals surface area contributed by atoms with Gasteiger partial charge in [0.2, 0.25) is 0 Å². The van der Waals surface area contributed by atoms with E-state index in [0.29, 0.717) is 25.2 Å². The maximum Gasteiger partial charge on any atom is 0.251 e. The summed E-state index contributed by atoms with van der Waals surface area (Å²) in [6.07, 6.45) is 0.711. The summed E-state index contributed by atoms with van der Waals surface area (Å²) in [6, 6.07) is 13.4. The Hall–Kier alpha value is -2.73. The summed E-state index contributed by atoms with van der Waals surface area (Å²) in [5.74, 6) is 1.50. The lowest BCUT2D eigenvalue weighted by atomic mass is 9.89. The minimum atomic E-state index is -0.342. The van der Waals surface area contributed by atoms with Crippen molar-refractivity contribution in [3.63, 3.8) is 0 Å². The van der Waals surface area contributed by atoms with Gasteiger partial charge in [-0.1, -0.05) is 18.2 Å². The van der Waals surface area contributed by atoms with Crippen LogP contribution in [0.2, 0.25) is 0 Å². The van der Waals surface area contributed by atoms with Gasteiger partial charge in [0, 0.05) is 30.6 Å². The van der Waals surface area contributed by atoms with Gasteiger partial charge in [-0.05, 0) is 38.1 Å². The number of amides is 1. The van der Waals surface area contributed by atoms with E-state index in [1.54, 1.807) is 7.11 Å². The fraction of sp³-hybridized carbons (Fsp3) is 0.435. The van der Waals surface area contributed by atoms with Crippen molar-refractivity contribution in [3.05, 3.63) is 53.6 Å². The van der Waals surface area contributed by atoms with Gasteiger partial charge in [-0.2, -0.15) is 0 Å². The summed E-state index contributed by atoms with van der Waals surface area (Å²) >= 11 is 0. The monoisotopic (exact) mass is 396 g/mol. The zero-order chi connectivity index (χ0) is 20.4. The summed E-state index contributed by atoms with van der Waals surface area (Å²) in [6.45, 7) is 7.00. The molecular formula is C23H28N2O4. The van der Waals surface area contributed by atoms with Gasteiger partial charge < -0.3 is 24.4 Å². The molecule has 0 bridgehead atoms. The molecule has 1 atom stereocenters. The third-order valence-electron chi connectivity index (χ3n) is 5.47. The number of anilines is 1. The molecule has 4 rings (SSSR count). The molecular weight excluding hydrogens is 368 g/mol. The van der Waals surface area contributed by atoms with Crippen molar-refractivity contribution in [2.24, 2.45) is 0 Å². The van der Waals surface area contributed by atoms with Crippen LogP contribution >= 0.6 is 0 Å². The topological polar surface area (TPSA) is 60.0 Å². The van der Waals surface area contributed by atoms with Crippen LogP contribution in [-0.2, 0) is 4.74 Å². The Morgan fingerprint density at radius 1 is 1.17 bits per heavy atom. The molecule has 2 aliphatic heterocycles. The van der Waals surface area contributed by atoms with Crippen LogP contribution in [0.15, 0.2) is 42.5 Å². The average Bonchev–Trinajstić information content (AvgIpc) is 2.73. The molecule has 1 saturated heterocycles. The SMILES string of the molecule is COc1ccc(C(=O)NC2CC(C)(C)Oc3ccccc32)cc1N1CCOCC1. The molecule has 6 heteroatoms. The van der Waals surface area contributed by atoms with Gasteiger partial charge in [-0.3, -0.25) is 4.79 Å². The number of nitrogens with one attached hydrogen (secondary N) is 1. The zero-order valence-electron chi connectivity index (χ0n) is 17.2.